The molecule has 0 unspecified atom stereocenters. The van der Waals surface area contributed by atoms with Gasteiger partial charge in [0.05, 0.1) is 19.7 Å². The minimum atomic E-state index is -0.0885. The van der Waals surface area contributed by atoms with Crippen LogP contribution in [0.15, 0.2) is 54.6 Å². The van der Waals surface area contributed by atoms with Crippen molar-refractivity contribution in [3.63, 3.8) is 0 Å². The van der Waals surface area contributed by atoms with E-state index in [0.717, 1.165) is 23.4 Å². The van der Waals surface area contributed by atoms with Gasteiger partial charge in [-0.1, -0.05) is 36.4 Å². The molecule has 4 heteroatoms. The Hall–Kier alpha value is -2.59. The van der Waals surface area contributed by atoms with Gasteiger partial charge < -0.3 is 15.0 Å². The summed E-state index contributed by atoms with van der Waals surface area (Å²) in [5.74, 6) is 0.753. The van der Waals surface area contributed by atoms with Gasteiger partial charge >= 0.3 is 0 Å². The van der Waals surface area contributed by atoms with Gasteiger partial charge in [-0.15, -0.1) is 0 Å². The molecule has 27 heavy (non-hydrogen) atoms. The lowest BCUT2D eigenvalue weighted by Gasteiger charge is -2.12. The summed E-state index contributed by atoms with van der Waals surface area (Å²) in [6.45, 7) is 6.84. The van der Waals surface area contributed by atoms with E-state index in [1.54, 1.807) is 11.0 Å². The molecule has 1 aliphatic heterocycles. The first-order valence-electron chi connectivity index (χ1n) is 9.83. The molecule has 0 spiro atoms. The van der Waals surface area contributed by atoms with E-state index in [2.05, 4.69) is 29.6 Å². The van der Waals surface area contributed by atoms with Crippen molar-refractivity contribution in [3.8, 4) is 5.75 Å². The highest BCUT2D eigenvalue weighted by atomic mass is 16.5. The Bertz CT molecular complexity index is 745. The minimum Gasteiger partial charge on any atom is -0.494 e. The molecule has 4 nitrogen and oxygen atoms in total. The molecule has 3 rings (SSSR count). The van der Waals surface area contributed by atoms with E-state index in [4.69, 9.17) is 4.74 Å². The number of amides is 1. The molecule has 2 aromatic rings. The maximum Gasteiger partial charge on any atom is 0.244 e. The first kappa shape index (κ1) is 19.2. The van der Waals surface area contributed by atoms with E-state index in [1.807, 2.05) is 37.3 Å². The molecule has 1 fully saturated rings. The maximum absolute atomic E-state index is 12.0. The zero-order valence-electron chi connectivity index (χ0n) is 16.0. The number of likely N-dealkylation sites (tertiary alicyclic amines) is 1. The summed E-state index contributed by atoms with van der Waals surface area (Å²) in [5.41, 5.74) is 3.47. The van der Waals surface area contributed by atoms with Crippen molar-refractivity contribution in [3.05, 3.63) is 71.3 Å². The summed E-state index contributed by atoms with van der Waals surface area (Å²) < 4.78 is 5.41. The fourth-order valence-corrected chi connectivity index (χ4v) is 3.38. The lowest BCUT2D eigenvalue weighted by atomic mass is 10.1. The molecule has 0 aromatic heterocycles. The largest absolute Gasteiger partial charge is 0.494 e. The number of carbonyl (C=O) groups is 1. The maximum atomic E-state index is 12.0. The summed E-state index contributed by atoms with van der Waals surface area (Å²) in [7, 11) is 0. The van der Waals surface area contributed by atoms with E-state index in [-0.39, 0.29) is 5.91 Å². The highest BCUT2D eigenvalue weighted by molar-refractivity contribution is 5.91. The average Bonchev–Trinajstić information content (AvgIpc) is 3.20. The topological polar surface area (TPSA) is 42.8 Å². The molecule has 1 saturated heterocycles. The molecule has 0 aliphatic carbocycles. The normalized spacial score (nSPS) is 14.6. The molecule has 1 aliphatic rings. The van der Waals surface area contributed by atoms with E-state index in [1.165, 1.54) is 31.5 Å². The number of nitrogens with one attached hydrogen (secondary N) is 2. The van der Waals surface area contributed by atoms with Crippen LogP contribution >= 0.6 is 0 Å². The summed E-state index contributed by atoms with van der Waals surface area (Å²) in [4.78, 5) is 13.7. The molecule has 142 valence electrons. The standard InChI is InChI=1S/C23H28N2O2/c1-2-27-22-12-9-19(10-13-22)11-14-23(26)24-17-20-5-7-21(8-6-20)18-25-15-3-4-16-25/h5-14H,2-4,15-18H2,1H3,(H,24,26)/p+1/b14-11+. The van der Waals surface area contributed by atoms with Gasteiger partial charge in [-0.2, -0.15) is 0 Å². The van der Waals surface area contributed by atoms with E-state index in [0.29, 0.717) is 13.2 Å². The SMILES string of the molecule is CCOc1ccc(/C=C/C(=O)NCc2ccc(C[NH+]3CCCC3)cc2)cc1. The number of hydrogen-bond donors (Lipinski definition) is 2. The van der Waals surface area contributed by atoms with Gasteiger partial charge in [0.15, 0.2) is 0 Å². The van der Waals surface area contributed by atoms with Crippen molar-refractivity contribution in [2.24, 2.45) is 0 Å². The molecule has 0 saturated carbocycles. The Balaban J connectivity index is 1.44. The molecule has 0 atom stereocenters. The fraction of sp³-hybridized carbons (Fsp3) is 0.348. The lowest BCUT2D eigenvalue weighted by Crippen LogP contribution is -3.08. The molecule has 0 radical (unpaired) electrons. The third kappa shape index (κ3) is 6.26. The highest BCUT2D eigenvalue weighted by Gasteiger charge is 2.15. The lowest BCUT2D eigenvalue weighted by molar-refractivity contribution is -0.901. The molecular weight excluding hydrogens is 336 g/mol. The van der Waals surface area contributed by atoms with Crippen LogP contribution in [0.4, 0.5) is 0 Å². The third-order valence-electron chi connectivity index (χ3n) is 4.87. The second kappa shape index (κ2) is 9.93. The van der Waals surface area contributed by atoms with Crippen LogP contribution < -0.4 is 15.0 Å². The van der Waals surface area contributed by atoms with Crippen LogP contribution in [0.25, 0.3) is 6.08 Å². The molecular formula is C23H29N2O2+. The van der Waals surface area contributed by atoms with Crippen molar-refractivity contribution < 1.29 is 14.4 Å². The van der Waals surface area contributed by atoms with E-state index < -0.39 is 0 Å². The predicted molar refractivity (Wildman–Crippen MR) is 109 cm³/mol. The number of quaternary nitrogens is 1. The summed E-state index contributed by atoms with van der Waals surface area (Å²) in [6.07, 6.45) is 6.08. The van der Waals surface area contributed by atoms with Gasteiger partial charge in [0.25, 0.3) is 0 Å². The first-order chi connectivity index (χ1) is 13.2. The second-order valence-corrected chi connectivity index (χ2v) is 7.00. The Morgan fingerprint density at radius 3 is 2.37 bits per heavy atom. The minimum absolute atomic E-state index is 0.0885. The van der Waals surface area contributed by atoms with Crippen molar-refractivity contribution >= 4 is 12.0 Å². The van der Waals surface area contributed by atoms with Crippen LogP contribution in [0.2, 0.25) is 0 Å². The van der Waals surface area contributed by atoms with Crippen molar-refractivity contribution in [2.75, 3.05) is 19.7 Å². The van der Waals surface area contributed by atoms with Crippen molar-refractivity contribution in [1.82, 2.24) is 5.32 Å². The van der Waals surface area contributed by atoms with Crippen LogP contribution in [0.1, 0.15) is 36.5 Å². The van der Waals surface area contributed by atoms with E-state index in [9.17, 15) is 4.79 Å². The quantitative estimate of drug-likeness (QED) is 0.706. The van der Waals surface area contributed by atoms with Crippen LogP contribution in [0.3, 0.4) is 0 Å². The molecule has 0 bridgehead atoms. The zero-order chi connectivity index (χ0) is 18.9. The van der Waals surface area contributed by atoms with Gasteiger partial charge in [0.2, 0.25) is 5.91 Å². The zero-order valence-corrected chi connectivity index (χ0v) is 16.0. The Labute approximate surface area is 161 Å². The van der Waals surface area contributed by atoms with Gasteiger partial charge in [-0.25, -0.2) is 0 Å². The molecule has 1 amide bonds. The predicted octanol–water partition coefficient (Wildman–Crippen LogP) is 2.59. The number of carbonyl (C=O) groups excluding carboxylic acids is 1. The second-order valence-electron chi connectivity index (χ2n) is 7.00. The van der Waals surface area contributed by atoms with Gasteiger partial charge in [0.1, 0.15) is 12.3 Å². The summed E-state index contributed by atoms with van der Waals surface area (Å²) >= 11 is 0. The first-order valence-corrected chi connectivity index (χ1v) is 9.83. The number of rotatable bonds is 8. The van der Waals surface area contributed by atoms with Crippen LogP contribution in [-0.4, -0.2) is 25.6 Å². The Kier molecular flexibility index (Phi) is 7.05. The van der Waals surface area contributed by atoms with Gasteiger partial charge in [0, 0.05) is 31.0 Å². The van der Waals surface area contributed by atoms with Crippen molar-refractivity contribution in [1.29, 1.82) is 0 Å². The van der Waals surface area contributed by atoms with E-state index >= 15 is 0 Å². The number of benzene rings is 2. The number of ether oxygens (including phenoxy) is 1. The van der Waals surface area contributed by atoms with Gasteiger partial charge in [-0.05, 0) is 36.3 Å². The van der Waals surface area contributed by atoms with Gasteiger partial charge in [-0.3, -0.25) is 4.79 Å². The molecule has 1 heterocycles. The Morgan fingerprint density at radius 1 is 1.04 bits per heavy atom. The average molecular weight is 365 g/mol. The highest BCUT2D eigenvalue weighted by Crippen LogP contribution is 2.13. The monoisotopic (exact) mass is 365 g/mol. The molecule has 2 aromatic carbocycles. The summed E-state index contributed by atoms with van der Waals surface area (Å²) in [5, 5.41) is 2.94. The fourth-order valence-electron chi connectivity index (χ4n) is 3.38. The van der Waals surface area contributed by atoms with Crippen LogP contribution in [0.5, 0.6) is 5.75 Å². The van der Waals surface area contributed by atoms with Crippen LogP contribution in [-0.2, 0) is 17.9 Å². The third-order valence-corrected chi connectivity index (χ3v) is 4.87. The molecule has 2 N–H and O–H groups in total. The number of hydrogen-bond acceptors (Lipinski definition) is 2. The van der Waals surface area contributed by atoms with Crippen LogP contribution in [0, 0.1) is 0 Å². The summed E-state index contributed by atoms with van der Waals surface area (Å²) in [6, 6.07) is 16.3. The van der Waals surface area contributed by atoms with Crippen molar-refractivity contribution in [2.45, 2.75) is 32.9 Å². The Morgan fingerprint density at radius 2 is 1.70 bits per heavy atom. The smallest absolute Gasteiger partial charge is 0.244 e.